The van der Waals surface area contributed by atoms with Crippen molar-refractivity contribution in [3.05, 3.63) is 0 Å². The first kappa shape index (κ1) is 13.8. The zero-order valence-corrected chi connectivity index (χ0v) is 12.0. The SMILES string of the molecule is CC1CCC(NC(=O)C2(C(N)=S)CCCCC2)C1. The molecule has 0 saturated heterocycles. The highest BCUT2D eigenvalue weighted by atomic mass is 32.1. The Morgan fingerprint density at radius 1 is 1.28 bits per heavy atom. The molecule has 2 saturated carbocycles. The van der Waals surface area contributed by atoms with Gasteiger partial charge in [0.1, 0.15) is 0 Å². The molecule has 0 bridgehead atoms. The summed E-state index contributed by atoms with van der Waals surface area (Å²) < 4.78 is 0. The fourth-order valence-electron chi connectivity index (χ4n) is 3.40. The molecule has 0 aromatic heterocycles. The number of carbonyl (C=O) groups excluding carboxylic acids is 1. The number of nitrogens with one attached hydrogen (secondary N) is 1. The van der Waals surface area contributed by atoms with E-state index < -0.39 is 5.41 Å². The molecule has 2 rings (SSSR count). The molecule has 2 fully saturated rings. The second-order valence-electron chi connectivity index (χ2n) is 6.10. The van der Waals surface area contributed by atoms with Crippen LogP contribution in [-0.2, 0) is 4.79 Å². The van der Waals surface area contributed by atoms with Crippen molar-refractivity contribution in [2.24, 2.45) is 17.1 Å². The van der Waals surface area contributed by atoms with Crippen molar-refractivity contribution >= 4 is 23.1 Å². The molecule has 2 aliphatic carbocycles. The van der Waals surface area contributed by atoms with Gasteiger partial charge >= 0.3 is 0 Å². The molecule has 0 radical (unpaired) electrons. The number of nitrogens with two attached hydrogens (primary N) is 1. The van der Waals surface area contributed by atoms with E-state index in [2.05, 4.69) is 12.2 Å². The smallest absolute Gasteiger partial charge is 0.233 e. The van der Waals surface area contributed by atoms with Gasteiger partial charge in [-0.1, -0.05) is 38.4 Å². The lowest BCUT2D eigenvalue weighted by Crippen LogP contribution is -2.52. The zero-order valence-electron chi connectivity index (χ0n) is 11.2. The van der Waals surface area contributed by atoms with Gasteiger partial charge in [0.2, 0.25) is 5.91 Å². The summed E-state index contributed by atoms with van der Waals surface area (Å²) in [5.74, 6) is 0.816. The predicted octanol–water partition coefficient (Wildman–Crippen LogP) is 2.53. The second-order valence-corrected chi connectivity index (χ2v) is 6.54. The van der Waals surface area contributed by atoms with Crippen molar-refractivity contribution < 1.29 is 4.79 Å². The van der Waals surface area contributed by atoms with Crippen molar-refractivity contribution in [3.8, 4) is 0 Å². The molecule has 0 aromatic carbocycles. The van der Waals surface area contributed by atoms with Crippen LogP contribution in [-0.4, -0.2) is 16.9 Å². The second kappa shape index (κ2) is 5.55. The Morgan fingerprint density at radius 3 is 2.44 bits per heavy atom. The summed E-state index contributed by atoms with van der Waals surface area (Å²) in [7, 11) is 0. The number of hydrogen-bond acceptors (Lipinski definition) is 2. The highest BCUT2D eigenvalue weighted by Gasteiger charge is 2.43. The number of rotatable bonds is 3. The Morgan fingerprint density at radius 2 is 1.94 bits per heavy atom. The first-order valence-electron chi connectivity index (χ1n) is 7.15. The van der Waals surface area contributed by atoms with Crippen LogP contribution >= 0.6 is 12.2 Å². The van der Waals surface area contributed by atoms with Crippen LogP contribution in [0, 0.1) is 11.3 Å². The summed E-state index contributed by atoms with van der Waals surface area (Å²) in [4.78, 5) is 12.9. The first-order chi connectivity index (χ1) is 8.54. The van der Waals surface area contributed by atoms with E-state index in [4.69, 9.17) is 18.0 Å². The van der Waals surface area contributed by atoms with Gasteiger partial charge in [-0.3, -0.25) is 4.79 Å². The summed E-state index contributed by atoms with van der Waals surface area (Å²) in [6.45, 7) is 2.25. The summed E-state index contributed by atoms with van der Waals surface area (Å²) in [5.41, 5.74) is 5.32. The third kappa shape index (κ3) is 2.68. The van der Waals surface area contributed by atoms with E-state index in [0.29, 0.717) is 11.0 Å². The summed E-state index contributed by atoms with van der Waals surface area (Å²) >= 11 is 5.18. The van der Waals surface area contributed by atoms with Crippen LogP contribution in [0.5, 0.6) is 0 Å². The van der Waals surface area contributed by atoms with Gasteiger partial charge in [0.05, 0.1) is 10.4 Å². The van der Waals surface area contributed by atoms with Gasteiger partial charge in [-0.2, -0.15) is 0 Å². The maximum atomic E-state index is 12.5. The van der Waals surface area contributed by atoms with Crippen molar-refractivity contribution in [1.82, 2.24) is 5.32 Å². The first-order valence-corrected chi connectivity index (χ1v) is 7.56. The Kier molecular flexibility index (Phi) is 4.25. The number of thiocarbonyl (C=S) groups is 1. The monoisotopic (exact) mass is 268 g/mol. The summed E-state index contributed by atoms with van der Waals surface area (Å²) in [5, 5.41) is 3.19. The van der Waals surface area contributed by atoms with Crippen LogP contribution in [0.4, 0.5) is 0 Å². The standard InChI is InChI=1S/C14H24N2OS/c1-10-5-6-11(9-10)16-13(17)14(12(15)18)7-3-2-4-8-14/h10-11H,2-9H2,1H3,(H2,15,18)(H,16,17). The highest BCUT2D eigenvalue weighted by molar-refractivity contribution is 7.80. The van der Waals surface area contributed by atoms with E-state index in [-0.39, 0.29) is 5.91 Å². The lowest BCUT2D eigenvalue weighted by atomic mass is 9.73. The van der Waals surface area contributed by atoms with Crippen molar-refractivity contribution in [1.29, 1.82) is 0 Å². The molecule has 0 heterocycles. The Bertz CT molecular complexity index is 337. The van der Waals surface area contributed by atoms with Gasteiger partial charge in [-0.15, -0.1) is 0 Å². The predicted molar refractivity (Wildman–Crippen MR) is 77.2 cm³/mol. The van der Waals surface area contributed by atoms with Crippen molar-refractivity contribution in [2.45, 2.75) is 64.3 Å². The minimum Gasteiger partial charge on any atom is -0.392 e. The van der Waals surface area contributed by atoms with Crippen molar-refractivity contribution in [2.75, 3.05) is 0 Å². The van der Waals surface area contributed by atoms with Gasteiger partial charge in [0.15, 0.2) is 0 Å². The topological polar surface area (TPSA) is 55.1 Å². The van der Waals surface area contributed by atoms with Crippen LogP contribution in [0.15, 0.2) is 0 Å². The summed E-state index contributed by atoms with van der Waals surface area (Å²) in [6, 6.07) is 0.334. The van der Waals surface area contributed by atoms with E-state index in [1.807, 2.05) is 0 Å². The van der Waals surface area contributed by atoms with Gasteiger partial charge in [0, 0.05) is 6.04 Å². The molecule has 2 atom stereocenters. The van der Waals surface area contributed by atoms with E-state index in [1.165, 1.54) is 12.8 Å². The highest BCUT2D eigenvalue weighted by Crippen LogP contribution is 2.37. The van der Waals surface area contributed by atoms with Gasteiger partial charge < -0.3 is 11.1 Å². The van der Waals surface area contributed by atoms with Crippen LogP contribution in [0.1, 0.15) is 58.3 Å². The molecule has 3 N–H and O–H groups in total. The third-order valence-electron chi connectivity index (χ3n) is 4.64. The van der Waals surface area contributed by atoms with Crippen molar-refractivity contribution in [3.63, 3.8) is 0 Å². The van der Waals surface area contributed by atoms with E-state index in [9.17, 15) is 4.79 Å². The Balaban J connectivity index is 2.02. The number of amides is 1. The molecule has 2 aliphatic rings. The average molecular weight is 268 g/mol. The molecule has 18 heavy (non-hydrogen) atoms. The molecular weight excluding hydrogens is 244 g/mol. The molecule has 2 unspecified atom stereocenters. The minimum atomic E-state index is -0.556. The van der Waals surface area contributed by atoms with Crippen LogP contribution in [0.2, 0.25) is 0 Å². The zero-order chi connectivity index (χ0) is 13.2. The van der Waals surface area contributed by atoms with Crippen LogP contribution < -0.4 is 11.1 Å². The molecule has 0 spiro atoms. The van der Waals surface area contributed by atoms with Crippen LogP contribution in [0.3, 0.4) is 0 Å². The van der Waals surface area contributed by atoms with E-state index in [0.717, 1.165) is 44.4 Å². The maximum absolute atomic E-state index is 12.5. The lowest BCUT2D eigenvalue weighted by molar-refractivity contribution is -0.129. The maximum Gasteiger partial charge on any atom is 0.233 e. The molecule has 4 heteroatoms. The third-order valence-corrected chi connectivity index (χ3v) is 5.03. The number of hydrogen-bond donors (Lipinski definition) is 2. The lowest BCUT2D eigenvalue weighted by Gasteiger charge is -2.35. The molecule has 3 nitrogen and oxygen atoms in total. The fourth-order valence-corrected chi connectivity index (χ4v) is 3.70. The quantitative estimate of drug-likeness (QED) is 0.773. The summed E-state index contributed by atoms with van der Waals surface area (Å²) in [6.07, 6.45) is 8.38. The molecule has 1 amide bonds. The fraction of sp³-hybridized carbons (Fsp3) is 0.857. The number of carbonyl (C=O) groups is 1. The molecule has 0 aliphatic heterocycles. The van der Waals surface area contributed by atoms with Gasteiger partial charge in [-0.05, 0) is 38.0 Å². The van der Waals surface area contributed by atoms with E-state index >= 15 is 0 Å². The molecular formula is C14H24N2OS. The van der Waals surface area contributed by atoms with E-state index in [1.54, 1.807) is 0 Å². The van der Waals surface area contributed by atoms with Crippen LogP contribution in [0.25, 0.3) is 0 Å². The molecule has 0 aromatic rings. The normalized spacial score (nSPS) is 30.9. The Labute approximate surface area is 115 Å². The minimum absolute atomic E-state index is 0.0915. The largest absolute Gasteiger partial charge is 0.392 e. The van der Waals surface area contributed by atoms with Gasteiger partial charge in [-0.25, -0.2) is 0 Å². The van der Waals surface area contributed by atoms with Gasteiger partial charge in [0.25, 0.3) is 0 Å². The Hall–Kier alpha value is -0.640. The molecule has 102 valence electrons. The average Bonchev–Trinajstić information content (AvgIpc) is 2.75.